The van der Waals surface area contributed by atoms with E-state index in [1.165, 1.54) is 0 Å². The number of rotatable bonds is 2. The Morgan fingerprint density at radius 2 is 1.35 bits per heavy atom. The Morgan fingerprint density at radius 3 is 1.75 bits per heavy atom. The average molecular weight is 317 g/mol. The molecule has 1 aliphatic rings. The van der Waals surface area contributed by atoms with Gasteiger partial charge in [0.15, 0.2) is 33.1 Å². The standard InChI is InChI=1S/C10H8F5NO3S/c11-5-6(12)8(14)10(9(15)7(5)13)16-3-1-20(18,19)2-4(3)17/h3-4,16-17H,1-2H2. The lowest BCUT2D eigenvalue weighted by molar-refractivity contribution is 0.189. The van der Waals surface area contributed by atoms with Gasteiger partial charge in [0.2, 0.25) is 5.82 Å². The summed E-state index contributed by atoms with van der Waals surface area (Å²) in [4.78, 5) is 0. The molecule has 0 aliphatic carbocycles. The highest BCUT2D eigenvalue weighted by atomic mass is 32.2. The maximum Gasteiger partial charge on any atom is 0.200 e. The Kier molecular flexibility index (Phi) is 3.63. The topological polar surface area (TPSA) is 66.4 Å². The van der Waals surface area contributed by atoms with Gasteiger partial charge in [0, 0.05) is 0 Å². The summed E-state index contributed by atoms with van der Waals surface area (Å²) < 4.78 is 87.8. The first-order valence-corrected chi connectivity index (χ1v) is 7.12. The highest BCUT2D eigenvalue weighted by molar-refractivity contribution is 7.91. The van der Waals surface area contributed by atoms with Crippen molar-refractivity contribution in [2.75, 3.05) is 16.8 Å². The fourth-order valence-electron chi connectivity index (χ4n) is 1.88. The molecule has 0 bridgehead atoms. The molecular formula is C10H8F5NO3S. The van der Waals surface area contributed by atoms with Crippen molar-refractivity contribution in [2.45, 2.75) is 12.1 Å². The summed E-state index contributed by atoms with van der Waals surface area (Å²) in [6.45, 7) is 0. The molecule has 1 aromatic carbocycles. The number of halogens is 5. The lowest BCUT2D eigenvalue weighted by Crippen LogP contribution is -2.33. The molecule has 112 valence electrons. The van der Waals surface area contributed by atoms with Gasteiger partial charge in [-0.1, -0.05) is 0 Å². The zero-order chi connectivity index (χ0) is 15.2. The third-order valence-corrected chi connectivity index (χ3v) is 4.58. The zero-order valence-corrected chi connectivity index (χ0v) is 10.4. The first kappa shape index (κ1) is 15.0. The van der Waals surface area contributed by atoms with E-state index in [0.29, 0.717) is 0 Å². The van der Waals surface area contributed by atoms with Crippen LogP contribution in [0.2, 0.25) is 0 Å². The predicted octanol–water partition coefficient (Wildman–Crippen LogP) is 0.952. The van der Waals surface area contributed by atoms with E-state index in [9.17, 15) is 35.5 Å². The molecule has 2 N–H and O–H groups in total. The number of hydrogen-bond acceptors (Lipinski definition) is 4. The van der Waals surface area contributed by atoms with Crippen LogP contribution in [-0.4, -0.2) is 37.2 Å². The Hall–Kier alpha value is -1.42. The number of anilines is 1. The minimum atomic E-state index is -3.64. The first-order valence-electron chi connectivity index (χ1n) is 5.30. The predicted molar refractivity (Wildman–Crippen MR) is 58.3 cm³/mol. The third-order valence-electron chi connectivity index (χ3n) is 2.86. The van der Waals surface area contributed by atoms with E-state index < -0.39 is 68.3 Å². The number of aliphatic hydroxyl groups excluding tert-OH is 1. The maximum atomic E-state index is 13.4. The van der Waals surface area contributed by atoms with Gasteiger partial charge in [0.05, 0.1) is 23.7 Å². The normalized spacial score (nSPS) is 24.9. The van der Waals surface area contributed by atoms with Crippen molar-refractivity contribution in [3.63, 3.8) is 0 Å². The molecule has 2 atom stereocenters. The first-order chi connectivity index (χ1) is 9.14. The third kappa shape index (κ3) is 2.44. The number of aliphatic hydroxyl groups is 1. The molecule has 1 aromatic rings. The quantitative estimate of drug-likeness (QED) is 0.484. The van der Waals surface area contributed by atoms with Gasteiger partial charge >= 0.3 is 0 Å². The molecule has 0 radical (unpaired) electrons. The lowest BCUT2D eigenvalue weighted by Gasteiger charge is -2.18. The Labute approximate surface area is 110 Å². The van der Waals surface area contributed by atoms with Crippen molar-refractivity contribution >= 4 is 15.5 Å². The van der Waals surface area contributed by atoms with Gasteiger partial charge in [-0.05, 0) is 0 Å². The summed E-state index contributed by atoms with van der Waals surface area (Å²) in [5, 5.41) is 11.3. The molecule has 1 aliphatic heterocycles. The van der Waals surface area contributed by atoms with Crippen LogP contribution in [0.4, 0.5) is 27.6 Å². The van der Waals surface area contributed by atoms with Crippen LogP contribution in [0.25, 0.3) is 0 Å². The minimum Gasteiger partial charge on any atom is -0.390 e. The van der Waals surface area contributed by atoms with Crippen molar-refractivity contribution in [3.05, 3.63) is 29.1 Å². The Bertz CT molecular complexity index is 634. The summed E-state index contributed by atoms with van der Waals surface area (Å²) >= 11 is 0. The highest BCUT2D eigenvalue weighted by Crippen LogP contribution is 2.29. The fourth-order valence-corrected chi connectivity index (χ4v) is 3.63. The van der Waals surface area contributed by atoms with Crippen LogP contribution in [0, 0.1) is 29.1 Å². The van der Waals surface area contributed by atoms with Crippen molar-refractivity contribution in [1.82, 2.24) is 0 Å². The van der Waals surface area contributed by atoms with Crippen LogP contribution >= 0.6 is 0 Å². The van der Waals surface area contributed by atoms with E-state index in [0.717, 1.165) is 0 Å². The van der Waals surface area contributed by atoms with Crippen LogP contribution in [0.15, 0.2) is 0 Å². The number of benzene rings is 1. The van der Waals surface area contributed by atoms with Gasteiger partial charge in [0.1, 0.15) is 5.69 Å². The SMILES string of the molecule is O=S1(=O)CC(O)C(Nc2c(F)c(F)c(F)c(F)c2F)C1. The van der Waals surface area contributed by atoms with Gasteiger partial charge in [-0.15, -0.1) is 0 Å². The highest BCUT2D eigenvalue weighted by Gasteiger charge is 2.38. The molecule has 4 nitrogen and oxygen atoms in total. The van der Waals surface area contributed by atoms with E-state index in [1.54, 1.807) is 0 Å². The second-order valence-corrected chi connectivity index (χ2v) is 6.49. The van der Waals surface area contributed by atoms with E-state index >= 15 is 0 Å². The largest absolute Gasteiger partial charge is 0.390 e. The molecule has 10 heteroatoms. The Balaban J connectivity index is 2.41. The van der Waals surface area contributed by atoms with Gasteiger partial charge in [0.25, 0.3) is 0 Å². The number of nitrogens with one attached hydrogen (secondary N) is 1. The van der Waals surface area contributed by atoms with Crippen molar-refractivity contribution in [3.8, 4) is 0 Å². The maximum absolute atomic E-state index is 13.4. The summed E-state index contributed by atoms with van der Waals surface area (Å²) in [6.07, 6.45) is -1.50. The molecule has 0 saturated carbocycles. The molecule has 1 fully saturated rings. The molecule has 2 rings (SSSR count). The molecular weight excluding hydrogens is 309 g/mol. The van der Waals surface area contributed by atoms with E-state index in [4.69, 9.17) is 0 Å². The van der Waals surface area contributed by atoms with Gasteiger partial charge in [-0.25, -0.2) is 30.4 Å². The zero-order valence-electron chi connectivity index (χ0n) is 9.63. The van der Waals surface area contributed by atoms with Crippen molar-refractivity contribution in [1.29, 1.82) is 0 Å². The van der Waals surface area contributed by atoms with Gasteiger partial charge < -0.3 is 10.4 Å². The van der Waals surface area contributed by atoms with Crippen LogP contribution in [-0.2, 0) is 9.84 Å². The molecule has 2 unspecified atom stereocenters. The second-order valence-electron chi connectivity index (χ2n) is 4.34. The molecule has 1 heterocycles. The summed E-state index contributed by atoms with van der Waals surface area (Å²) in [5.41, 5.74) is -1.36. The summed E-state index contributed by atoms with van der Waals surface area (Å²) in [5.74, 6) is -12.2. The lowest BCUT2D eigenvalue weighted by atomic mass is 10.2. The number of hydrogen-bond donors (Lipinski definition) is 2. The van der Waals surface area contributed by atoms with Gasteiger partial charge in [-0.3, -0.25) is 0 Å². The Morgan fingerprint density at radius 1 is 0.900 bits per heavy atom. The van der Waals surface area contributed by atoms with E-state index in [1.807, 2.05) is 5.32 Å². The molecule has 20 heavy (non-hydrogen) atoms. The molecule has 1 saturated heterocycles. The van der Waals surface area contributed by atoms with Crippen LogP contribution < -0.4 is 5.32 Å². The fraction of sp³-hybridized carbons (Fsp3) is 0.400. The summed E-state index contributed by atoms with van der Waals surface area (Å²) in [6, 6.07) is -1.35. The number of sulfone groups is 1. The van der Waals surface area contributed by atoms with Crippen LogP contribution in [0.1, 0.15) is 0 Å². The van der Waals surface area contributed by atoms with Crippen molar-refractivity contribution in [2.24, 2.45) is 0 Å². The molecule has 0 spiro atoms. The van der Waals surface area contributed by atoms with Crippen LogP contribution in [0.5, 0.6) is 0 Å². The minimum absolute atomic E-state index is 0.653. The molecule has 0 aromatic heterocycles. The van der Waals surface area contributed by atoms with Crippen LogP contribution in [0.3, 0.4) is 0 Å². The van der Waals surface area contributed by atoms with E-state index in [-0.39, 0.29) is 0 Å². The van der Waals surface area contributed by atoms with Gasteiger partial charge in [-0.2, -0.15) is 0 Å². The van der Waals surface area contributed by atoms with Crippen molar-refractivity contribution < 1.29 is 35.5 Å². The second kappa shape index (κ2) is 4.85. The average Bonchev–Trinajstić information content (AvgIpc) is 2.62. The monoisotopic (exact) mass is 317 g/mol. The smallest absolute Gasteiger partial charge is 0.200 e. The summed E-state index contributed by atoms with van der Waals surface area (Å²) in [7, 11) is -3.64. The van der Waals surface area contributed by atoms with E-state index in [2.05, 4.69) is 0 Å². The molecule has 0 amide bonds.